The normalized spacial score (nSPS) is 9.47. The molecule has 0 heterocycles. The van der Waals surface area contributed by atoms with Crippen LogP contribution in [0.25, 0.3) is 0 Å². The molecule has 17 heavy (non-hydrogen) atoms. The van der Waals surface area contributed by atoms with Gasteiger partial charge in [0.25, 0.3) is 5.91 Å². The predicted molar refractivity (Wildman–Crippen MR) is 66.9 cm³/mol. The molecule has 5 nitrogen and oxygen atoms in total. The molecule has 6 heteroatoms. The van der Waals surface area contributed by atoms with Crippen LogP contribution in [0.15, 0.2) is 24.3 Å². The van der Waals surface area contributed by atoms with Gasteiger partial charge in [0, 0.05) is 5.56 Å². The quantitative estimate of drug-likeness (QED) is 0.690. The molecule has 1 amide bonds. The number of nitrogens with one attached hydrogen (secondary N) is 2. The predicted octanol–water partition coefficient (Wildman–Crippen LogP) is 0.684. The summed E-state index contributed by atoms with van der Waals surface area (Å²) in [6.07, 6.45) is 0. The van der Waals surface area contributed by atoms with Gasteiger partial charge >= 0.3 is 5.97 Å². The lowest BCUT2D eigenvalue weighted by atomic mass is 10.1. The van der Waals surface area contributed by atoms with Crippen LogP contribution in [0.2, 0.25) is 0 Å². The maximum atomic E-state index is 11.6. The second kappa shape index (κ2) is 5.95. The number of carbonyl (C=O) groups is 2. The minimum Gasteiger partial charge on any atom is -0.480 e. The largest absolute Gasteiger partial charge is 0.480 e. The van der Waals surface area contributed by atoms with Crippen LogP contribution < -0.4 is 10.6 Å². The van der Waals surface area contributed by atoms with E-state index in [9.17, 15) is 9.59 Å². The zero-order chi connectivity index (χ0) is 12.8. The van der Waals surface area contributed by atoms with Crippen molar-refractivity contribution >= 4 is 29.2 Å². The van der Waals surface area contributed by atoms with E-state index in [4.69, 9.17) is 17.3 Å². The Kier molecular flexibility index (Phi) is 4.59. The number of hydrogen-bond donors (Lipinski definition) is 3. The average molecular weight is 252 g/mol. The van der Waals surface area contributed by atoms with Gasteiger partial charge in [-0.2, -0.15) is 0 Å². The Hall–Kier alpha value is -1.95. The summed E-state index contributed by atoms with van der Waals surface area (Å²) in [5.74, 6) is -1.41. The summed E-state index contributed by atoms with van der Waals surface area (Å²) in [5, 5.41) is 13.2. The van der Waals surface area contributed by atoms with E-state index in [0.717, 1.165) is 5.56 Å². The van der Waals surface area contributed by atoms with Crippen LogP contribution in [-0.2, 0) is 4.79 Å². The number of rotatable bonds is 3. The van der Waals surface area contributed by atoms with Crippen LogP contribution >= 0.6 is 12.2 Å². The molecule has 1 aromatic rings. The Morgan fingerprint density at radius 2 is 1.88 bits per heavy atom. The van der Waals surface area contributed by atoms with Crippen LogP contribution in [0.3, 0.4) is 0 Å². The van der Waals surface area contributed by atoms with Gasteiger partial charge in [-0.25, -0.2) is 0 Å². The molecular weight excluding hydrogens is 240 g/mol. The highest BCUT2D eigenvalue weighted by Gasteiger charge is 2.07. The van der Waals surface area contributed by atoms with E-state index in [-0.39, 0.29) is 17.6 Å². The van der Waals surface area contributed by atoms with E-state index in [2.05, 4.69) is 10.6 Å². The Balaban J connectivity index is 2.51. The van der Waals surface area contributed by atoms with E-state index < -0.39 is 5.97 Å². The molecule has 0 atom stereocenters. The number of aliphatic carboxylic acids is 1. The lowest BCUT2D eigenvalue weighted by molar-refractivity contribution is -0.135. The van der Waals surface area contributed by atoms with Gasteiger partial charge in [-0.1, -0.05) is 17.7 Å². The monoisotopic (exact) mass is 252 g/mol. The van der Waals surface area contributed by atoms with E-state index in [1.165, 1.54) is 0 Å². The average Bonchev–Trinajstić information content (AvgIpc) is 2.27. The molecule has 0 aliphatic carbocycles. The van der Waals surface area contributed by atoms with Crippen molar-refractivity contribution < 1.29 is 14.7 Å². The number of carboxylic acids is 1. The fourth-order valence-corrected chi connectivity index (χ4v) is 1.25. The third-order valence-corrected chi connectivity index (χ3v) is 2.19. The van der Waals surface area contributed by atoms with Gasteiger partial charge in [0.1, 0.15) is 6.54 Å². The number of hydrogen-bond acceptors (Lipinski definition) is 3. The van der Waals surface area contributed by atoms with Gasteiger partial charge in [0.2, 0.25) is 0 Å². The first-order chi connectivity index (χ1) is 7.99. The van der Waals surface area contributed by atoms with Crippen LogP contribution in [0.5, 0.6) is 0 Å². The fourth-order valence-electron chi connectivity index (χ4n) is 1.08. The summed E-state index contributed by atoms with van der Waals surface area (Å²) in [7, 11) is 0. The van der Waals surface area contributed by atoms with Crippen molar-refractivity contribution in [2.75, 3.05) is 6.54 Å². The summed E-state index contributed by atoms with van der Waals surface area (Å²) in [4.78, 5) is 21.9. The second-order valence-electron chi connectivity index (χ2n) is 3.40. The molecule has 1 aromatic carbocycles. The summed E-state index contributed by atoms with van der Waals surface area (Å²) in [6, 6.07) is 6.96. The summed E-state index contributed by atoms with van der Waals surface area (Å²) in [5.41, 5.74) is 1.52. The lowest BCUT2D eigenvalue weighted by Crippen LogP contribution is -2.41. The minimum absolute atomic E-state index is 0.00187. The summed E-state index contributed by atoms with van der Waals surface area (Å²) in [6.45, 7) is 1.59. The number of amides is 1. The summed E-state index contributed by atoms with van der Waals surface area (Å²) >= 11 is 4.77. The molecule has 0 spiro atoms. The van der Waals surface area contributed by atoms with Crippen molar-refractivity contribution in [3.05, 3.63) is 35.4 Å². The second-order valence-corrected chi connectivity index (χ2v) is 3.80. The lowest BCUT2D eigenvalue weighted by Gasteiger charge is -2.07. The standard InChI is InChI=1S/C11H12N2O3S/c1-7-2-4-8(5-3-7)10(16)13-11(17)12-6-9(14)15/h2-5H,6H2,1H3,(H,14,15)(H2,12,13,16,17). The molecule has 0 saturated carbocycles. The van der Waals surface area contributed by atoms with Crippen molar-refractivity contribution in [1.29, 1.82) is 0 Å². The van der Waals surface area contributed by atoms with Gasteiger partial charge < -0.3 is 10.4 Å². The highest BCUT2D eigenvalue weighted by Crippen LogP contribution is 2.02. The van der Waals surface area contributed by atoms with Crippen LogP contribution in [0.1, 0.15) is 15.9 Å². The Labute approximate surface area is 104 Å². The smallest absolute Gasteiger partial charge is 0.322 e. The Bertz CT molecular complexity index is 443. The van der Waals surface area contributed by atoms with E-state index >= 15 is 0 Å². The van der Waals surface area contributed by atoms with Gasteiger partial charge in [0.15, 0.2) is 5.11 Å². The zero-order valence-electron chi connectivity index (χ0n) is 9.19. The molecule has 0 aliphatic rings. The third kappa shape index (κ3) is 4.60. The number of carbonyl (C=O) groups excluding carboxylic acids is 1. The van der Waals surface area contributed by atoms with Gasteiger partial charge in [0.05, 0.1) is 0 Å². The molecule has 0 aromatic heterocycles. The van der Waals surface area contributed by atoms with Crippen LogP contribution in [-0.4, -0.2) is 28.6 Å². The number of carboxylic acid groups (broad SMARTS) is 1. The van der Waals surface area contributed by atoms with Gasteiger partial charge in [-0.05, 0) is 31.3 Å². The maximum absolute atomic E-state index is 11.6. The first-order valence-corrected chi connectivity index (χ1v) is 5.27. The Morgan fingerprint density at radius 3 is 2.41 bits per heavy atom. The topological polar surface area (TPSA) is 78.4 Å². The molecule has 0 bridgehead atoms. The zero-order valence-corrected chi connectivity index (χ0v) is 10.0. The number of benzene rings is 1. The van der Waals surface area contributed by atoms with Crippen molar-refractivity contribution in [3.63, 3.8) is 0 Å². The SMILES string of the molecule is Cc1ccc(C(=O)NC(=S)NCC(=O)O)cc1. The Morgan fingerprint density at radius 1 is 1.29 bits per heavy atom. The molecule has 1 rings (SSSR count). The molecule has 0 aliphatic heterocycles. The maximum Gasteiger partial charge on any atom is 0.322 e. The van der Waals surface area contributed by atoms with E-state index in [1.54, 1.807) is 12.1 Å². The molecule has 3 N–H and O–H groups in total. The minimum atomic E-state index is -1.04. The van der Waals surface area contributed by atoms with Gasteiger partial charge in [-0.15, -0.1) is 0 Å². The molecular formula is C11H12N2O3S. The molecule has 0 radical (unpaired) electrons. The van der Waals surface area contributed by atoms with Crippen molar-refractivity contribution in [2.45, 2.75) is 6.92 Å². The summed E-state index contributed by atoms with van der Waals surface area (Å²) < 4.78 is 0. The van der Waals surface area contributed by atoms with E-state index in [0.29, 0.717) is 5.56 Å². The van der Waals surface area contributed by atoms with Crippen molar-refractivity contribution in [2.24, 2.45) is 0 Å². The molecule has 90 valence electrons. The van der Waals surface area contributed by atoms with Crippen LogP contribution in [0, 0.1) is 6.92 Å². The van der Waals surface area contributed by atoms with Crippen molar-refractivity contribution in [1.82, 2.24) is 10.6 Å². The molecule has 0 fully saturated rings. The molecule has 0 saturated heterocycles. The van der Waals surface area contributed by atoms with Crippen LogP contribution in [0.4, 0.5) is 0 Å². The first-order valence-electron chi connectivity index (χ1n) is 4.86. The highest BCUT2D eigenvalue weighted by atomic mass is 32.1. The van der Waals surface area contributed by atoms with Gasteiger partial charge in [-0.3, -0.25) is 14.9 Å². The first kappa shape index (κ1) is 13.1. The number of aryl methyl sites for hydroxylation is 1. The third-order valence-electron chi connectivity index (χ3n) is 1.94. The highest BCUT2D eigenvalue weighted by molar-refractivity contribution is 7.80. The fraction of sp³-hybridized carbons (Fsp3) is 0.182. The van der Waals surface area contributed by atoms with E-state index in [1.807, 2.05) is 19.1 Å². The van der Waals surface area contributed by atoms with Crippen molar-refractivity contribution in [3.8, 4) is 0 Å². The molecule has 0 unspecified atom stereocenters. The number of thiocarbonyl (C=S) groups is 1.